The molecule has 0 unspecified atom stereocenters. The van der Waals surface area contributed by atoms with Gasteiger partial charge in [0.25, 0.3) is 0 Å². The van der Waals surface area contributed by atoms with Crippen molar-refractivity contribution >= 4 is 34.8 Å². The number of ether oxygens (including phenoxy) is 1. The van der Waals surface area contributed by atoms with Crippen LogP contribution < -0.4 is 0 Å². The van der Waals surface area contributed by atoms with Gasteiger partial charge in [-0.25, -0.2) is 9.78 Å². The minimum atomic E-state index is -0.607. The lowest BCUT2D eigenvalue weighted by Gasteiger charge is -2.13. The molecule has 25 heavy (non-hydrogen) atoms. The number of aromatic nitrogens is 3. The maximum atomic E-state index is 12.4. The van der Waals surface area contributed by atoms with E-state index >= 15 is 0 Å². The molecule has 2 aromatic heterocycles. The molecule has 3 rings (SSSR count). The van der Waals surface area contributed by atoms with E-state index in [1.807, 2.05) is 0 Å². The SMILES string of the molecule is CC(C)OC(=O)c1nc2ccnn2c(O)c1Cc1ccc(Cl)c(Cl)c1. The number of hydrogen-bond donors (Lipinski definition) is 1. The predicted octanol–water partition coefficient (Wildman–Crippen LogP) is 3.90. The molecule has 1 N–H and O–H groups in total. The molecule has 2 heterocycles. The Bertz CT molecular complexity index is 954. The predicted molar refractivity (Wildman–Crippen MR) is 94.5 cm³/mol. The molecule has 3 aromatic rings. The molecule has 0 aliphatic rings. The molecule has 0 saturated carbocycles. The topological polar surface area (TPSA) is 76.7 Å². The average molecular weight is 380 g/mol. The average Bonchev–Trinajstić information content (AvgIpc) is 3.01. The Labute approximate surface area is 154 Å². The van der Waals surface area contributed by atoms with Crippen molar-refractivity contribution in [2.75, 3.05) is 0 Å². The Kier molecular flexibility index (Phi) is 4.83. The van der Waals surface area contributed by atoms with Gasteiger partial charge >= 0.3 is 5.97 Å². The third kappa shape index (κ3) is 3.55. The zero-order valence-electron chi connectivity index (χ0n) is 13.5. The second kappa shape index (κ2) is 6.90. The van der Waals surface area contributed by atoms with Crippen molar-refractivity contribution in [3.8, 4) is 5.88 Å². The zero-order valence-corrected chi connectivity index (χ0v) is 15.0. The Morgan fingerprint density at radius 3 is 2.72 bits per heavy atom. The molecule has 130 valence electrons. The Morgan fingerprint density at radius 1 is 1.28 bits per heavy atom. The zero-order chi connectivity index (χ0) is 18.1. The minimum absolute atomic E-state index is 0.0465. The fourth-order valence-corrected chi connectivity index (χ4v) is 2.74. The summed E-state index contributed by atoms with van der Waals surface area (Å²) in [6.07, 6.45) is 1.40. The van der Waals surface area contributed by atoms with Gasteiger partial charge < -0.3 is 9.84 Å². The molecule has 0 atom stereocenters. The standard InChI is InChI=1S/C17H15Cl2N3O3/c1-9(2)25-17(24)15-11(7-10-3-4-12(18)13(19)8-10)16(23)22-14(21-15)5-6-20-22/h3-6,8-9,23H,7H2,1-2H3. The summed E-state index contributed by atoms with van der Waals surface area (Å²) in [6, 6.07) is 6.68. The van der Waals surface area contributed by atoms with Crippen LogP contribution in [0.3, 0.4) is 0 Å². The third-order valence-electron chi connectivity index (χ3n) is 3.51. The van der Waals surface area contributed by atoms with Crippen LogP contribution in [0.1, 0.15) is 35.5 Å². The largest absolute Gasteiger partial charge is 0.493 e. The van der Waals surface area contributed by atoms with Crippen LogP contribution in [0.4, 0.5) is 0 Å². The van der Waals surface area contributed by atoms with Gasteiger partial charge in [-0.3, -0.25) is 0 Å². The molecular formula is C17H15Cl2N3O3. The first-order chi connectivity index (χ1) is 11.9. The van der Waals surface area contributed by atoms with Crippen molar-refractivity contribution < 1.29 is 14.6 Å². The van der Waals surface area contributed by atoms with E-state index < -0.39 is 5.97 Å². The number of esters is 1. The van der Waals surface area contributed by atoms with E-state index in [9.17, 15) is 9.90 Å². The molecule has 1 aromatic carbocycles. The molecule has 0 spiro atoms. The normalized spacial score (nSPS) is 11.2. The van der Waals surface area contributed by atoms with Gasteiger partial charge in [0.1, 0.15) is 0 Å². The fourth-order valence-electron chi connectivity index (χ4n) is 2.42. The molecule has 0 fully saturated rings. The van der Waals surface area contributed by atoms with Crippen molar-refractivity contribution in [3.05, 3.63) is 57.3 Å². The van der Waals surface area contributed by atoms with Gasteiger partial charge in [0.15, 0.2) is 11.3 Å². The monoisotopic (exact) mass is 379 g/mol. The Morgan fingerprint density at radius 2 is 2.04 bits per heavy atom. The summed E-state index contributed by atoms with van der Waals surface area (Å²) in [5, 5.41) is 15.4. The van der Waals surface area contributed by atoms with E-state index in [-0.39, 0.29) is 24.1 Å². The van der Waals surface area contributed by atoms with Gasteiger partial charge in [0.05, 0.1) is 27.9 Å². The summed E-state index contributed by atoms with van der Waals surface area (Å²) in [6.45, 7) is 3.49. The highest BCUT2D eigenvalue weighted by atomic mass is 35.5. The van der Waals surface area contributed by atoms with E-state index in [2.05, 4.69) is 10.1 Å². The third-order valence-corrected chi connectivity index (χ3v) is 4.25. The van der Waals surface area contributed by atoms with Crippen LogP contribution in [-0.4, -0.2) is 31.8 Å². The summed E-state index contributed by atoms with van der Waals surface area (Å²) in [5.41, 5.74) is 1.47. The maximum Gasteiger partial charge on any atom is 0.357 e. The number of halogens is 2. The van der Waals surface area contributed by atoms with Gasteiger partial charge in [0, 0.05) is 12.5 Å². The number of fused-ring (bicyclic) bond motifs is 1. The summed E-state index contributed by atoms with van der Waals surface area (Å²) >= 11 is 12.0. The molecule has 0 aliphatic carbocycles. The lowest BCUT2D eigenvalue weighted by Crippen LogP contribution is -2.17. The molecule has 6 nitrogen and oxygen atoms in total. The smallest absolute Gasteiger partial charge is 0.357 e. The van der Waals surface area contributed by atoms with Crippen LogP contribution in [0.2, 0.25) is 10.0 Å². The van der Waals surface area contributed by atoms with Gasteiger partial charge in [-0.1, -0.05) is 29.3 Å². The number of carbonyl (C=O) groups is 1. The highest BCUT2D eigenvalue weighted by Gasteiger charge is 2.23. The van der Waals surface area contributed by atoms with Crippen LogP contribution in [0.25, 0.3) is 5.65 Å². The van der Waals surface area contributed by atoms with Crippen LogP contribution in [0.15, 0.2) is 30.5 Å². The van der Waals surface area contributed by atoms with Gasteiger partial charge in [-0.15, -0.1) is 0 Å². The molecule has 8 heteroatoms. The number of carbonyl (C=O) groups excluding carboxylic acids is 1. The second-order valence-corrected chi connectivity index (χ2v) is 6.56. The van der Waals surface area contributed by atoms with Crippen molar-refractivity contribution in [1.29, 1.82) is 0 Å². The summed E-state index contributed by atoms with van der Waals surface area (Å²) < 4.78 is 6.51. The number of nitrogens with zero attached hydrogens (tertiary/aromatic N) is 3. The van der Waals surface area contributed by atoms with Crippen molar-refractivity contribution in [1.82, 2.24) is 14.6 Å². The van der Waals surface area contributed by atoms with Crippen molar-refractivity contribution in [3.63, 3.8) is 0 Å². The second-order valence-electron chi connectivity index (χ2n) is 5.74. The maximum absolute atomic E-state index is 12.4. The summed E-state index contributed by atoms with van der Waals surface area (Å²) in [4.78, 5) is 16.7. The first-order valence-corrected chi connectivity index (χ1v) is 8.33. The summed E-state index contributed by atoms with van der Waals surface area (Å²) in [7, 11) is 0. The van der Waals surface area contributed by atoms with Crippen molar-refractivity contribution in [2.24, 2.45) is 0 Å². The highest BCUT2D eigenvalue weighted by Crippen LogP contribution is 2.28. The minimum Gasteiger partial charge on any atom is -0.493 e. The molecular weight excluding hydrogens is 365 g/mol. The van der Waals surface area contributed by atoms with Gasteiger partial charge in [-0.05, 0) is 31.5 Å². The van der Waals surface area contributed by atoms with E-state index in [0.29, 0.717) is 21.3 Å². The highest BCUT2D eigenvalue weighted by molar-refractivity contribution is 6.42. The molecule has 0 amide bonds. The van der Waals surface area contributed by atoms with Crippen molar-refractivity contribution in [2.45, 2.75) is 26.4 Å². The number of hydrogen-bond acceptors (Lipinski definition) is 5. The van der Waals surface area contributed by atoms with Gasteiger partial charge in [0.2, 0.25) is 5.88 Å². The van der Waals surface area contributed by atoms with Gasteiger partial charge in [-0.2, -0.15) is 9.61 Å². The molecule has 0 aliphatic heterocycles. The van der Waals surface area contributed by atoms with Crippen LogP contribution in [0, 0.1) is 0 Å². The fraction of sp³-hybridized carbons (Fsp3) is 0.235. The quantitative estimate of drug-likeness (QED) is 0.695. The Balaban J connectivity index is 2.11. The van der Waals surface area contributed by atoms with E-state index in [1.165, 1.54) is 10.7 Å². The van der Waals surface area contributed by atoms with E-state index in [0.717, 1.165) is 5.56 Å². The molecule has 0 bridgehead atoms. The van der Waals surface area contributed by atoms with Crippen LogP contribution >= 0.6 is 23.2 Å². The van der Waals surface area contributed by atoms with Crippen LogP contribution in [-0.2, 0) is 11.2 Å². The summed E-state index contributed by atoms with van der Waals surface area (Å²) in [5.74, 6) is -0.777. The first kappa shape index (κ1) is 17.5. The number of rotatable bonds is 4. The number of aromatic hydroxyl groups is 1. The first-order valence-electron chi connectivity index (χ1n) is 7.57. The molecule has 0 saturated heterocycles. The lowest BCUT2D eigenvalue weighted by atomic mass is 10.0. The molecule has 0 radical (unpaired) electrons. The van der Waals surface area contributed by atoms with E-state index in [1.54, 1.807) is 38.1 Å². The van der Waals surface area contributed by atoms with E-state index in [4.69, 9.17) is 27.9 Å². The van der Waals surface area contributed by atoms with Crippen LogP contribution in [0.5, 0.6) is 5.88 Å². The lowest BCUT2D eigenvalue weighted by molar-refractivity contribution is 0.0369. The Hall–Kier alpha value is -2.31. The number of benzene rings is 1.